The van der Waals surface area contributed by atoms with Gasteiger partial charge in [-0.05, 0) is 70.4 Å². The highest BCUT2D eigenvalue weighted by Crippen LogP contribution is 2.46. The molecule has 1 unspecified atom stereocenters. The maximum Gasteiger partial charge on any atom is 0.260 e. The summed E-state index contributed by atoms with van der Waals surface area (Å²) in [6, 6.07) is 28.1. The fourth-order valence-corrected chi connectivity index (χ4v) is 6.28. The minimum absolute atomic E-state index is 0.221. The van der Waals surface area contributed by atoms with E-state index in [9.17, 15) is 0 Å². The molecule has 0 bridgehead atoms. The van der Waals surface area contributed by atoms with E-state index in [1.54, 1.807) is 7.11 Å². The second kappa shape index (κ2) is 14.6. The quantitative estimate of drug-likeness (QED) is 0.0979. The fourth-order valence-electron chi connectivity index (χ4n) is 4.76. The Hall–Kier alpha value is -2.78. The molecular weight excluding hydrogens is 505 g/mol. The first-order valence-corrected chi connectivity index (χ1v) is 14.6. The Morgan fingerprint density at radius 2 is 1.26 bits per heavy atom. The summed E-state index contributed by atoms with van der Waals surface area (Å²) >= 11 is 0. The lowest BCUT2D eigenvalue weighted by Crippen LogP contribution is -2.46. The average Bonchev–Trinajstić information content (AvgIpc) is 2.92. The van der Waals surface area contributed by atoms with E-state index >= 15 is 0 Å². The summed E-state index contributed by atoms with van der Waals surface area (Å²) in [7, 11) is 0.286. The smallest absolute Gasteiger partial charge is 0.260 e. The summed E-state index contributed by atoms with van der Waals surface area (Å²) in [6.45, 7) is 13.3. The van der Waals surface area contributed by atoms with E-state index < -0.39 is 14.1 Å². The Morgan fingerprint density at radius 1 is 0.795 bits per heavy atom. The molecule has 0 aliphatic rings. The third kappa shape index (κ3) is 7.66. The van der Waals surface area contributed by atoms with Crippen LogP contribution in [0.2, 0.25) is 0 Å². The number of benzene rings is 3. The van der Waals surface area contributed by atoms with Crippen molar-refractivity contribution >= 4 is 8.53 Å². The van der Waals surface area contributed by atoms with E-state index in [0.29, 0.717) is 13.0 Å². The van der Waals surface area contributed by atoms with Gasteiger partial charge in [-0.25, -0.2) is 4.67 Å². The van der Waals surface area contributed by atoms with Crippen LogP contribution in [0.5, 0.6) is 5.75 Å². The number of nitrogens with zero attached hydrogens (tertiary/aromatic N) is 2. The van der Waals surface area contributed by atoms with Gasteiger partial charge in [0, 0.05) is 12.1 Å². The van der Waals surface area contributed by atoms with Gasteiger partial charge in [-0.2, -0.15) is 5.26 Å². The lowest BCUT2D eigenvalue weighted by molar-refractivity contribution is 0.159. The van der Waals surface area contributed by atoms with Crippen LogP contribution >= 0.6 is 8.53 Å². The number of nitriles is 1. The number of hydrogen-bond acceptors (Lipinski definition) is 6. The molecule has 6 nitrogen and oxygen atoms in total. The largest absolute Gasteiger partial charge is 0.497 e. The number of methoxy groups -OCH3 is 1. The van der Waals surface area contributed by atoms with Crippen LogP contribution in [0.25, 0.3) is 0 Å². The molecule has 0 spiro atoms. The van der Waals surface area contributed by atoms with Crippen molar-refractivity contribution in [1.82, 2.24) is 9.99 Å². The third-order valence-corrected chi connectivity index (χ3v) is 8.72. The summed E-state index contributed by atoms with van der Waals surface area (Å²) in [5.41, 5.74) is 4.97. The zero-order valence-corrected chi connectivity index (χ0v) is 25.2. The van der Waals surface area contributed by atoms with Gasteiger partial charge in [0.15, 0.2) is 0 Å². The summed E-state index contributed by atoms with van der Waals surface area (Å²) < 4.78 is 20.4. The molecule has 0 radical (unpaired) electrons. The van der Waals surface area contributed by atoms with Crippen LogP contribution in [0.3, 0.4) is 0 Å². The summed E-state index contributed by atoms with van der Waals surface area (Å²) in [5.74, 6) is 0.802. The molecule has 0 saturated carbocycles. The predicted octanol–water partition coefficient (Wildman–Crippen LogP) is 7.44. The normalized spacial score (nSPS) is 12.6. The maximum absolute atomic E-state index is 9.07. The van der Waals surface area contributed by atoms with Crippen molar-refractivity contribution in [3.8, 4) is 11.8 Å². The molecule has 0 amide bonds. The van der Waals surface area contributed by atoms with Crippen LogP contribution in [-0.2, 0) is 14.6 Å². The van der Waals surface area contributed by atoms with E-state index in [1.165, 1.54) is 11.1 Å². The van der Waals surface area contributed by atoms with Gasteiger partial charge < -0.3 is 13.8 Å². The minimum Gasteiger partial charge on any atom is -0.497 e. The molecule has 3 aromatic carbocycles. The minimum atomic E-state index is -1.39. The first kappa shape index (κ1) is 30.8. The average molecular weight is 548 g/mol. The molecule has 0 aliphatic carbocycles. The van der Waals surface area contributed by atoms with Gasteiger partial charge >= 0.3 is 0 Å². The van der Waals surface area contributed by atoms with Crippen LogP contribution in [0.15, 0.2) is 72.8 Å². The van der Waals surface area contributed by atoms with E-state index in [2.05, 4.69) is 118 Å². The molecule has 3 aromatic rings. The maximum atomic E-state index is 9.07. The molecule has 3 rings (SSSR count). The van der Waals surface area contributed by atoms with Crippen molar-refractivity contribution in [3.63, 3.8) is 0 Å². The van der Waals surface area contributed by atoms with Crippen molar-refractivity contribution in [1.29, 1.82) is 5.26 Å². The van der Waals surface area contributed by atoms with Gasteiger partial charge in [0.05, 0.1) is 31.7 Å². The summed E-state index contributed by atoms with van der Waals surface area (Å²) in [5, 5.41) is 12.9. The summed E-state index contributed by atoms with van der Waals surface area (Å²) in [4.78, 5) is 0. The van der Waals surface area contributed by atoms with Crippen molar-refractivity contribution < 1.29 is 13.8 Å². The Labute approximate surface area is 235 Å². The Morgan fingerprint density at radius 3 is 1.67 bits per heavy atom. The Kier molecular flexibility index (Phi) is 11.5. The van der Waals surface area contributed by atoms with Gasteiger partial charge in [0.25, 0.3) is 8.53 Å². The lowest BCUT2D eigenvalue weighted by Gasteiger charge is -2.39. The SMILES string of the molecule is COc1ccc(C(NCOP(OCCC#N)N(C(C)C)C(C)C)(c2ccc(C)cc2)c2ccc(C)cc2)cc1. The Bertz CT molecular complexity index is 1140. The number of rotatable bonds is 14. The Balaban J connectivity index is 2.07. The highest BCUT2D eigenvalue weighted by atomic mass is 31.2. The number of nitrogens with one attached hydrogen (secondary N) is 1. The second-order valence-corrected chi connectivity index (χ2v) is 11.7. The van der Waals surface area contributed by atoms with Crippen LogP contribution in [0.1, 0.15) is 61.9 Å². The summed E-state index contributed by atoms with van der Waals surface area (Å²) in [6.07, 6.45) is 0.322. The molecule has 0 fully saturated rings. The zero-order chi connectivity index (χ0) is 28.4. The van der Waals surface area contributed by atoms with Gasteiger partial charge in [-0.1, -0.05) is 71.8 Å². The molecule has 0 aromatic heterocycles. The molecule has 7 heteroatoms. The third-order valence-electron chi connectivity index (χ3n) is 6.67. The fraction of sp³-hybridized carbons (Fsp3) is 0.406. The molecule has 39 heavy (non-hydrogen) atoms. The van der Waals surface area contributed by atoms with Gasteiger partial charge in [-0.15, -0.1) is 0 Å². The van der Waals surface area contributed by atoms with Crippen molar-refractivity contribution in [2.45, 2.75) is 65.6 Å². The predicted molar refractivity (Wildman–Crippen MR) is 160 cm³/mol. The molecule has 1 atom stereocenters. The second-order valence-electron chi connectivity index (χ2n) is 10.2. The molecule has 1 N–H and O–H groups in total. The molecule has 0 heterocycles. The van der Waals surface area contributed by atoms with Gasteiger partial charge in [-0.3, -0.25) is 5.32 Å². The van der Waals surface area contributed by atoms with Crippen LogP contribution < -0.4 is 10.1 Å². The standard InChI is InChI=1S/C32H42N3O3P/c1-24(2)35(25(3)4)39(37-22-8-21-33)38-23-34-32(28-13-9-26(5)10-14-28,29-15-11-27(6)12-16-29)30-17-19-31(36-7)20-18-30/h9-20,24-25,34H,8,22-23H2,1-7H3. The lowest BCUT2D eigenvalue weighted by atomic mass is 9.76. The van der Waals surface area contributed by atoms with E-state index in [4.69, 9.17) is 19.0 Å². The van der Waals surface area contributed by atoms with Gasteiger partial charge in [0.2, 0.25) is 0 Å². The van der Waals surface area contributed by atoms with Crippen LogP contribution in [-0.4, -0.2) is 37.2 Å². The van der Waals surface area contributed by atoms with Gasteiger partial charge in [0.1, 0.15) is 12.5 Å². The highest BCUT2D eigenvalue weighted by Gasteiger charge is 2.37. The molecule has 0 aliphatic heterocycles. The monoisotopic (exact) mass is 547 g/mol. The topological polar surface area (TPSA) is 66.8 Å². The van der Waals surface area contributed by atoms with Crippen LogP contribution in [0.4, 0.5) is 0 Å². The van der Waals surface area contributed by atoms with Crippen molar-refractivity contribution in [2.24, 2.45) is 0 Å². The van der Waals surface area contributed by atoms with E-state index in [-0.39, 0.29) is 18.8 Å². The number of aryl methyl sites for hydroxylation is 2. The van der Waals surface area contributed by atoms with Crippen molar-refractivity contribution in [3.05, 3.63) is 101 Å². The van der Waals surface area contributed by atoms with E-state index in [1.807, 2.05) is 12.1 Å². The first-order chi connectivity index (χ1) is 18.7. The molecule has 0 saturated heterocycles. The highest BCUT2D eigenvalue weighted by molar-refractivity contribution is 7.44. The van der Waals surface area contributed by atoms with Crippen molar-refractivity contribution in [2.75, 3.05) is 20.4 Å². The molecule has 208 valence electrons. The number of ether oxygens (including phenoxy) is 1. The molecular formula is C32H42N3O3P. The first-order valence-electron chi connectivity index (χ1n) is 13.5. The zero-order valence-electron chi connectivity index (χ0n) is 24.3. The number of hydrogen-bond donors (Lipinski definition) is 1. The van der Waals surface area contributed by atoms with E-state index in [0.717, 1.165) is 22.4 Å². The van der Waals surface area contributed by atoms with Crippen LogP contribution in [0, 0.1) is 25.2 Å².